The zero-order chi connectivity index (χ0) is 37.9. The van der Waals surface area contributed by atoms with Crippen LogP contribution in [-0.2, 0) is 0 Å². The molecule has 13 rings (SSSR count). The molecule has 0 amide bonds. The van der Waals surface area contributed by atoms with Crippen molar-refractivity contribution < 1.29 is 4.42 Å². The lowest BCUT2D eigenvalue weighted by molar-refractivity contribution is 0.673. The standard InChI is InChI=1S/C51H28N4OS2/c1-5-16-40-37(15-1)47-41(23-22-36-33-12-2-6-17-42(33)56-48(36)47)55(40)32-11-9-10-29(26-32)49-52-50(30-20-24-45-38(27-30)34-13-3-7-18-43(34)57-45)54-51(53-49)31-21-25-46-39(28-31)35-14-4-8-19-44(35)58-46/h1-28H. The fraction of sp³-hybridized carbons (Fsp3) is 0. The van der Waals surface area contributed by atoms with Crippen molar-refractivity contribution in [3.63, 3.8) is 0 Å². The largest absolute Gasteiger partial charge is 0.455 e. The smallest absolute Gasteiger partial charge is 0.164 e. The lowest BCUT2D eigenvalue weighted by Gasteiger charge is -2.12. The van der Waals surface area contributed by atoms with Gasteiger partial charge in [0, 0.05) is 78.9 Å². The second-order valence-corrected chi connectivity index (χ2v) is 16.9. The van der Waals surface area contributed by atoms with Crippen molar-refractivity contribution in [1.29, 1.82) is 0 Å². The molecule has 0 N–H and O–H groups in total. The van der Waals surface area contributed by atoms with Crippen molar-refractivity contribution >= 4 is 107 Å². The van der Waals surface area contributed by atoms with Crippen molar-refractivity contribution in [3.05, 3.63) is 170 Å². The summed E-state index contributed by atoms with van der Waals surface area (Å²) >= 11 is 3.62. The van der Waals surface area contributed by atoms with Gasteiger partial charge >= 0.3 is 0 Å². The number of thiophene rings is 2. The zero-order valence-corrected chi connectivity index (χ0v) is 32.3. The van der Waals surface area contributed by atoms with Gasteiger partial charge in [0.2, 0.25) is 0 Å². The first-order chi connectivity index (χ1) is 28.7. The van der Waals surface area contributed by atoms with E-state index < -0.39 is 0 Å². The number of hydrogen-bond donors (Lipinski definition) is 0. The lowest BCUT2D eigenvalue weighted by Crippen LogP contribution is -2.01. The molecule has 0 radical (unpaired) electrons. The van der Waals surface area contributed by atoms with Crippen LogP contribution in [0.15, 0.2) is 174 Å². The summed E-state index contributed by atoms with van der Waals surface area (Å²) in [4.78, 5) is 15.7. The van der Waals surface area contributed by atoms with Crippen LogP contribution in [0.5, 0.6) is 0 Å². The summed E-state index contributed by atoms with van der Waals surface area (Å²) in [6.07, 6.45) is 0. The fourth-order valence-corrected chi connectivity index (χ4v) is 11.0. The van der Waals surface area contributed by atoms with E-state index in [1.165, 1.54) is 40.3 Å². The van der Waals surface area contributed by atoms with Crippen LogP contribution >= 0.6 is 22.7 Å². The van der Waals surface area contributed by atoms with E-state index in [0.717, 1.165) is 66.1 Å². The highest BCUT2D eigenvalue weighted by Crippen LogP contribution is 2.42. The van der Waals surface area contributed by atoms with Gasteiger partial charge in [-0.15, -0.1) is 22.7 Å². The van der Waals surface area contributed by atoms with Gasteiger partial charge < -0.3 is 8.98 Å². The van der Waals surface area contributed by atoms with Gasteiger partial charge in [-0.2, -0.15) is 0 Å². The van der Waals surface area contributed by atoms with Crippen LogP contribution < -0.4 is 0 Å². The van der Waals surface area contributed by atoms with Crippen LogP contribution in [0.3, 0.4) is 0 Å². The van der Waals surface area contributed by atoms with Crippen molar-refractivity contribution in [2.24, 2.45) is 0 Å². The molecule has 270 valence electrons. The minimum Gasteiger partial charge on any atom is -0.455 e. The quantitative estimate of drug-likeness (QED) is 0.179. The molecule has 0 aliphatic heterocycles. The number of furan rings is 1. The van der Waals surface area contributed by atoms with Crippen LogP contribution in [0.4, 0.5) is 0 Å². The third kappa shape index (κ3) is 4.72. The molecule has 5 aromatic heterocycles. The second-order valence-electron chi connectivity index (χ2n) is 14.8. The number of rotatable bonds is 4. The molecule has 0 saturated carbocycles. The first-order valence-electron chi connectivity index (χ1n) is 19.3. The summed E-state index contributed by atoms with van der Waals surface area (Å²) in [5.41, 5.74) is 7.81. The molecule has 0 unspecified atom stereocenters. The number of para-hydroxylation sites is 2. The average Bonchev–Trinajstić information content (AvgIpc) is 4.04. The summed E-state index contributed by atoms with van der Waals surface area (Å²) in [6, 6.07) is 60.1. The molecule has 0 fully saturated rings. The Morgan fingerprint density at radius 3 is 1.60 bits per heavy atom. The van der Waals surface area contributed by atoms with E-state index in [9.17, 15) is 0 Å². The molecule has 58 heavy (non-hydrogen) atoms. The summed E-state index contributed by atoms with van der Waals surface area (Å²) < 4.78 is 13.9. The zero-order valence-electron chi connectivity index (χ0n) is 30.7. The van der Waals surface area contributed by atoms with Gasteiger partial charge in [0.1, 0.15) is 11.2 Å². The van der Waals surface area contributed by atoms with E-state index in [1.54, 1.807) is 0 Å². The Bertz CT molecular complexity index is 3700. The van der Waals surface area contributed by atoms with E-state index in [4.69, 9.17) is 19.4 Å². The molecule has 0 aliphatic carbocycles. The van der Waals surface area contributed by atoms with Crippen LogP contribution in [0.2, 0.25) is 0 Å². The Balaban J connectivity index is 1.03. The molecule has 0 bridgehead atoms. The molecule has 8 aromatic carbocycles. The van der Waals surface area contributed by atoms with Crippen molar-refractivity contribution in [2.45, 2.75) is 0 Å². The van der Waals surface area contributed by atoms with Gasteiger partial charge in [0.15, 0.2) is 17.5 Å². The number of aromatic nitrogens is 4. The number of hydrogen-bond acceptors (Lipinski definition) is 6. The first-order valence-corrected chi connectivity index (χ1v) is 20.9. The normalized spacial score (nSPS) is 12.1. The van der Waals surface area contributed by atoms with Crippen molar-refractivity contribution in [2.75, 3.05) is 0 Å². The van der Waals surface area contributed by atoms with E-state index >= 15 is 0 Å². The van der Waals surface area contributed by atoms with Crippen molar-refractivity contribution in [1.82, 2.24) is 19.5 Å². The predicted octanol–water partition coefficient (Wildman–Crippen LogP) is 14.6. The van der Waals surface area contributed by atoms with Crippen molar-refractivity contribution in [3.8, 4) is 39.9 Å². The molecule has 0 atom stereocenters. The van der Waals surface area contributed by atoms with Gasteiger partial charge in [0.25, 0.3) is 0 Å². The SMILES string of the molecule is c1cc(-c2nc(-c3ccc4sc5ccccc5c4c3)nc(-c3ccc4sc5ccccc5c4c3)n2)cc(-n2c3ccccc3c3c4oc5ccccc5c4ccc32)c1. The number of fused-ring (bicyclic) bond motifs is 13. The van der Waals surface area contributed by atoms with Gasteiger partial charge in [-0.05, 0) is 84.9 Å². The summed E-state index contributed by atoms with van der Waals surface area (Å²) in [5.74, 6) is 1.90. The summed E-state index contributed by atoms with van der Waals surface area (Å²) in [5, 5.41) is 9.39. The van der Waals surface area contributed by atoms with Crippen LogP contribution in [0.1, 0.15) is 0 Å². The second kappa shape index (κ2) is 12.2. The molecule has 7 heteroatoms. The summed E-state index contributed by atoms with van der Waals surface area (Å²) in [7, 11) is 0. The molecule has 0 spiro atoms. The van der Waals surface area contributed by atoms with E-state index in [2.05, 4.69) is 162 Å². The minimum atomic E-state index is 0.618. The molecule has 5 nitrogen and oxygen atoms in total. The van der Waals surface area contributed by atoms with Crippen LogP contribution in [-0.4, -0.2) is 19.5 Å². The minimum absolute atomic E-state index is 0.618. The Morgan fingerprint density at radius 2 is 0.931 bits per heavy atom. The maximum Gasteiger partial charge on any atom is 0.164 e. The molecule has 0 aliphatic rings. The van der Waals surface area contributed by atoms with Crippen LogP contribution in [0.25, 0.3) is 124 Å². The molecule has 5 heterocycles. The summed E-state index contributed by atoms with van der Waals surface area (Å²) in [6.45, 7) is 0. The van der Waals surface area contributed by atoms with E-state index in [0.29, 0.717) is 17.5 Å². The Labute approximate surface area is 338 Å². The van der Waals surface area contributed by atoms with E-state index in [1.807, 2.05) is 34.8 Å². The molecule has 0 saturated heterocycles. The highest BCUT2D eigenvalue weighted by Gasteiger charge is 2.20. The van der Waals surface area contributed by atoms with Gasteiger partial charge in [-0.3, -0.25) is 0 Å². The fourth-order valence-electron chi connectivity index (χ4n) is 8.79. The monoisotopic (exact) mass is 776 g/mol. The predicted molar refractivity (Wildman–Crippen MR) is 244 cm³/mol. The topological polar surface area (TPSA) is 56.7 Å². The Hall–Kier alpha value is -7.19. The lowest BCUT2D eigenvalue weighted by atomic mass is 10.1. The van der Waals surface area contributed by atoms with Crippen LogP contribution in [0, 0.1) is 0 Å². The third-order valence-corrected chi connectivity index (χ3v) is 13.8. The molecule has 13 aromatic rings. The Morgan fingerprint density at radius 1 is 0.379 bits per heavy atom. The Kier molecular flexibility index (Phi) is 6.70. The molecular weight excluding hydrogens is 749 g/mol. The average molecular weight is 777 g/mol. The maximum atomic E-state index is 6.58. The van der Waals surface area contributed by atoms with Gasteiger partial charge in [-0.25, -0.2) is 15.0 Å². The first kappa shape index (κ1) is 32.0. The maximum absolute atomic E-state index is 6.58. The highest BCUT2D eigenvalue weighted by atomic mass is 32.1. The third-order valence-electron chi connectivity index (χ3n) is 11.4. The van der Waals surface area contributed by atoms with Gasteiger partial charge in [0.05, 0.1) is 16.4 Å². The molecular formula is C51H28N4OS2. The number of benzene rings is 8. The number of nitrogens with zero attached hydrogens (tertiary/aromatic N) is 4. The van der Waals surface area contributed by atoms with Gasteiger partial charge in [-0.1, -0.05) is 84.9 Å². The highest BCUT2D eigenvalue weighted by molar-refractivity contribution is 7.26. The van der Waals surface area contributed by atoms with E-state index in [-0.39, 0.29) is 0 Å².